The van der Waals surface area contributed by atoms with Crippen molar-refractivity contribution in [3.05, 3.63) is 33.8 Å². The second-order valence-electron chi connectivity index (χ2n) is 5.54. The highest BCUT2D eigenvalue weighted by Crippen LogP contribution is 2.23. The third-order valence-electron chi connectivity index (χ3n) is 3.79. The first-order valence-corrected chi connectivity index (χ1v) is 7.47. The molecular formula is C15H21BrN2O. The number of rotatable bonds is 3. The number of hydrogen-bond acceptors (Lipinski definition) is 2. The summed E-state index contributed by atoms with van der Waals surface area (Å²) in [4.78, 5) is 16.6. The summed E-state index contributed by atoms with van der Waals surface area (Å²) in [6.07, 6.45) is 1.18. The maximum atomic E-state index is 12.5. The summed E-state index contributed by atoms with van der Waals surface area (Å²) in [6.45, 7) is 5.07. The molecule has 4 heteroatoms. The van der Waals surface area contributed by atoms with Crippen LogP contribution in [0.4, 0.5) is 0 Å². The Labute approximate surface area is 123 Å². The van der Waals surface area contributed by atoms with Gasteiger partial charge in [0.05, 0.1) is 5.56 Å². The van der Waals surface area contributed by atoms with Crippen LogP contribution in [-0.2, 0) is 0 Å². The number of aryl methyl sites for hydroxylation is 1. The zero-order valence-corrected chi connectivity index (χ0v) is 13.4. The van der Waals surface area contributed by atoms with Crippen LogP contribution in [0.15, 0.2) is 22.7 Å². The van der Waals surface area contributed by atoms with Gasteiger partial charge >= 0.3 is 0 Å². The zero-order chi connectivity index (χ0) is 14.0. The maximum Gasteiger partial charge on any atom is 0.254 e. The highest BCUT2D eigenvalue weighted by Gasteiger charge is 2.23. The van der Waals surface area contributed by atoms with Gasteiger partial charge in [0, 0.05) is 24.6 Å². The molecule has 1 atom stereocenters. The van der Waals surface area contributed by atoms with Crippen LogP contribution in [0.2, 0.25) is 0 Å². The first kappa shape index (κ1) is 14.5. The van der Waals surface area contributed by atoms with E-state index in [1.807, 2.05) is 37.1 Å². The van der Waals surface area contributed by atoms with Gasteiger partial charge in [-0.25, -0.2) is 0 Å². The maximum absolute atomic E-state index is 12.5. The van der Waals surface area contributed by atoms with E-state index in [9.17, 15) is 4.79 Å². The molecule has 0 aromatic heterocycles. The Morgan fingerprint density at radius 2 is 2.26 bits per heavy atom. The largest absolute Gasteiger partial charge is 0.341 e. The van der Waals surface area contributed by atoms with Gasteiger partial charge in [-0.15, -0.1) is 0 Å². The number of carbonyl (C=O) groups excluding carboxylic acids is 1. The molecule has 0 aliphatic carbocycles. The van der Waals surface area contributed by atoms with E-state index in [2.05, 4.69) is 27.9 Å². The van der Waals surface area contributed by atoms with Crippen LogP contribution in [0, 0.1) is 12.8 Å². The number of carbonyl (C=O) groups is 1. The van der Waals surface area contributed by atoms with Crippen molar-refractivity contribution in [3.8, 4) is 0 Å². The summed E-state index contributed by atoms with van der Waals surface area (Å²) in [5, 5.41) is 0. The molecule has 0 saturated carbocycles. The summed E-state index contributed by atoms with van der Waals surface area (Å²) in [7, 11) is 4.04. The standard InChI is InChI=1S/C15H21BrN2O/c1-11-5-4-6-13(14(11)16)15(19)18(3)10-12-7-8-17(2)9-12/h4-6,12H,7-10H2,1-3H3. The number of nitrogens with zero attached hydrogens (tertiary/aromatic N) is 2. The van der Waals surface area contributed by atoms with Crippen molar-refractivity contribution in [3.63, 3.8) is 0 Å². The first-order valence-electron chi connectivity index (χ1n) is 6.68. The quantitative estimate of drug-likeness (QED) is 0.853. The Morgan fingerprint density at radius 1 is 1.53 bits per heavy atom. The molecule has 0 spiro atoms. The van der Waals surface area contributed by atoms with Crippen molar-refractivity contribution >= 4 is 21.8 Å². The molecule has 1 saturated heterocycles. The lowest BCUT2D eigenvalue weighted by atomic mass is 10.1. The van der Waals surface area contributed by atoms with Crippen LogP contribution in [0.1, 0.15) is 22.3 Å². The molecule has 1 aliphatic rings. The van der Waals surface area contributed by atoms with E-state index < -0.39 is 0 Å². The third-order valence-corrected chi connectivity index (χ3v) is 4.84. The lowest BCUT2D eigenvalue weighted by Crippen LogP contribution is -2.33. The predicted octanol–water partition coefficient (Wildman–Crippen LogP) is 2.78. The van der Waals surface area contributed by atoms with Crippen molar-refractivity contribution in [1.82, 2.24) is 9.80 Å². The predicted molar refractivity (Wildman–Crippen MR) is 81.4 cm³/mol. The van der Waals surface area contributed by atoms with Crippen molar-refractivity contribution in [2.24, 2.45) is 5.92 Å². The summed E-state index contributed by atoms with van der Waals surface area (Å²) < 4.78 is 0.912. The second-order valence-corrected chi connectivity index (χ2v) is 6.33. The molecule has 104 valence electrons. The molecule has 0 bridgehead atoms. The summed E-state index contributed by atoms with van der Waals surface area (Å²) in [5.74, 6) is 0.702. The Balaban J connectivity index is 2.04. The smallest absolute Gasteiger partial charge is 0.254 e. The molecular weight excluding hydrogens is 304 g/mol. The van der Waals surface area contributed by atoms with Gasteiger partial charge in [-0.2, -0.15) is 0 Å². The van der Waals surface area contributed by atoms with E-state index in [-0.39, 0.29) is 5.91 Å². The molecule has 1 fully saturated rings. The van der Waals surface area contributed by atoms with Gasteiger partial charge < -0.3 is 9.80 Å². The molecule has 1 amide bonds. The minimum absolute atomic E-state index is 0.102. The Kier molecular flexibility index (Phi) is 4.63. The van der Waals surface area contributed by atoms with Gasteiger partial charge in [0.15, 0.2) is 0 Å². The number of hydrogen-bond donors (Lipinski definition) is 0. The lowest BCUT2D eigenvalue weighted by molar-refractivity contribution is 0.0773. The molecule has 1 aromatic carbocycles. The topological polar surface area (TPSA) is 23.6 Å². The highest BCUT2D eigenvalue weighted by atomic mass is 79.9. The third kappa shape index (κ3) is 3.37. The fraction of sp³-hybridized carbons (Fsp3) is 0.533. The normalized spacial score (nSPS) is 19.7. The van der Waals surface area contributed by atoms with Gasteiger partial charge in [-0.1, -0.05) is 12.1 Å². The Morgan fingerprint density at radius 3 is 2.89 bits per heavy atom. The fourth-order valence-electron chi connectivity index (χ4n) is 2.66. The van der Waals surface area contributed by atoms with Crippen LogP contribution < -0.4 is 0 Å². The van der Waals surface area contributed by atoms with E-state index in [4.69, 9.17) is 0 Å². The first-order chi connectivity index (χ1) is 8.99. The van der Waals surface area contributed by atoms with Gasteiger partial charge in [0.1, 0.15) is 0 Å². The zero-order valence-electron chi connectivity index (χ0n) is 11.8. The molecule has 1 unspecified atom stereocenters. The van der Waals surface area contributed by atoms with E-state index in [0.29, 0.717) is 5.92 Å². The van der Waals surface area contributed by atoms with E-state index >= 15 is 0 Å². The Bertz CT molecular complexity index is 475. The molecule has 19 heavy (non-hydrogen) atoms. The molecule has 1 heterocycles. The van der Waals surface area contributed by atoms with Crippen LogP contribution in [0.25, 0.3) is 0 Å². The average molecular weight is 325 g/mol. The van der Waals surface area contributed by atoms with Crippen LogP contribution in [-0.4, -0.2) is 49.4 Å². The molecule has 1 aliphatic heterocycles. The van der Waals surface area contributed by atoms with Crippen molar-refractivity contribution in [2.45, 2.75) is 13.3 Å². The molecule has 0 N–H and O–H groups in total. The van der Waals surface area contributed by atoms with Gasteiger partial charge in [0.25, 0.3) is 5.91 Å². The fourth-order valence-corrected chi connectivity index (χ4v) is 3.10. The summed E-state index contributed by atoms with van der Waals surface area (Å²) >= 11 is 3.52. The van der Waals surface area contributed by atoms with Gasteiger partial charge in [0.2, 0.25) is 0 Å². The number of benzene rings is 1. The van der Waals surface area contributed by atoms with Crippen LogP contribution >= 0.6 is 15.9 Å². The van der Waals surface area contributed by atoms with Crippen molar-refractivity contribution < 1.29 is 4.79 Å². The van der Waals surface area contributed by atoms with E-state index in [1.165, 1.54) is 6.42 Å². The molecule has 1 aromatic rings. The monoisotopic (exact) mass is 324 g/mol. The summed E-state index contributed by atoms with van der Waals surface area (Å²) in [6, 6.07) is 5.83. The number of halogens is 1. The van der Waals surface area contributed by atoms with Crippen molar-refractivity contribution in [2.75, 3.05) is 33.7 Å². The highest BCUT2D eigenvalue weighted by molar-refractivity contribution is 9.10. The van der Waals surface area contributed by atoms with Crippen molar-refractivity contribution in [1.29, 1.82) is 0 Å². The van der Waals surface area contributed by atoms with Crippen LogP contribution in [0.3, 0.4) is 0 Å². The average Bonchev–Trinajstić information content (AvgIpc) is 2.77. The number of likely N-dealkylation sites (tertiary alicyclic amines) is 1. The second kappa shape index (κ2) is 6.06. The van der Waals surface area contributed by atoms with Crippen LogP contribution in [0.5, 0.6) is 0 Å². The molecule has 0 radical (unpaired) electrons. The number of amides is 1. The van der Waals surface area contributed by atoms with E-state index in [1.54, 1.807) is 0 Å². The van der Waals surface area contributed by atoms with Gasteiger partial charge in [-0.3, -0.25) is 4.79 Å². The SMILES string of the molecule is Cc1cccc(C(=O)N(C)CC2CCN(C)C2)c1Br. The molecule has 2 rings (SSSR count). The minimum atomic E-state index is 0.102. The summed E-state index contributed by atoms with van der Waals surface area (Å²) in [5.41, 5.74) is 1.86. The minimum Gasteiger partial charge on any atom is -0.341 e. The molecule has 3 nitrogen and oxygen atoms in total. The van der Waals surface area contributed by atoms with E-state index in [0.717, 1.165) is 35.2 Å². The Hall–Kier alpha value is -0.870. The lowest BCUT2D eigenvalue weighted by Gasteiger charge is -2.22. The van der Waals surface area contributed by atoms with Gasteiger partial charge in [-0.05, 0) is 60.4 Å².